The van der Waals surface area contributed by atoms with E-state index in [0.29, 0.717) is 5.69 Å². The molecular formula is C13H12N2O4S. The van der Waals surface area contributed by atoms with Crippen molar-refractivity contribution in [2.24, 2.45) is 0 Å². The molecule has 2 N–H and O–H groups in total. The Kier molecular flexibility index (Phi) is 3.71. The first-order valence-corrected chi connectivity index (χ1v) is 7.16. The zero-order valence-corrected chi connectivity index (χ0v) is 11.4. The van der Waals surface area contributed by atoms with Gasteiger partial charge in [-0.3, -0.25) is 9.71 Å². The van der Waals surface area contributed by atoms with Crippen LogP contribution in [0.15, 0.2) is 47.6 Å². The fourth-order valence-corrected chi connectivity index (χ4v) is 3.09. The monoisotopic (exact) mass is 292 g/mol. The Morgan fingerprint density at radius 2 is 1.85 bits per heavy atom. The molecule has 0 atom stereocenters. The van der Waals surface area contributed by atoms with Gasteiger partial charge >= 0.3 is 5.97 Å². The molecule has 0 bridgehead atoms. The lowest BCUT2D eigenvalue weighted by Gasteiger charge is -2.11. The summed E-state index contributed by atoms with van der Waals surface area (Å²) >= 11 is 0. The highest BCUT2D eigenvalue weighted by Gasteiger charge is 2.20. The number of nitrogens with one attached hydrogen (secondary N) is 1. The number of carboxylic acids is 1. The van der Waals surface area contributed by atoms with Gasteiger partial charge in [-0.25, -0.2) is 13.2 Å². The number of benzene rings is 1. The summed E-state index contributed by atoms with van der Waals surface area (Å²) in [5, 5.41) is 9.02. The van der Waals surface area contributed by atoms with E-state index < -0.39 is 16.0 Å². The average molecular weight is 292 g/mol. The third-order valence-electron chi connectivity index (χ3n) is 2.74. The van der Waals surface area contributed by atoms with E-state index in [1.54, 1.807) is 0 Å². The van der Waals surface area contributed by atoms with E-state index in [-0.39, 0.29) is 16.0 Å². The van der Waals surface area contributed by atoms with Crippen LogP contribution in [-0.2, 0) is 10.0 Å². The van der Waals surface area contributed by atoms with Crippen molar-refractivity contribution in [1.29, 1.82) is 0 Å². The van der Waals surface area contributed by atoms with Gasteiger partial charge in [-0.2, -0.15) is 0 Å². The number of hydrogen-bond donors (Lipinski definition) is 2. The summed E-state index contributed by atoms with van der Waals surface area (Å²) in [5.41, 5.74) is 0.518. The van der Waals surface area contributed by atoms with Gasteiger partial charge in [-0.15, -0.1) is 0 Å². The first-order chi connectivity index (χ1) is 9.42. The highest BCUT2D eigenvalue weighted by molar-refractivity contribution is 7.92. The van der Waals surface area contributed by atoms with Gasteiger partial charge in [0.25, 0.3) is 10.0 Å². The molecule has 0 unspecified atom stereocenters. The predicted octanol–water partition coefficient (Wildman–Crippen LogP) is 1.89. The molecule has 20 heavy (non-hydrogen) atoms. The Hall–Kier alpha value is -2.41. The minimum Gasteiger partial charge on any atom is -0.478 e. The highest BCUT2D eigenvalue weighted by atomic mass is 32.2. The molecule has 104 valence electrons. The number of pyridine rings is 1. The van der Waals surface area contributed by atoms with Crippen LogP contribution in [0, 0.1) is 6.92 Å². The number of rotatable bonds is 4. The van der Waals surface area contributed by atoms with Crippen molar-refractivity contribution in [3.05, 3.63) is 53.9 Å². The molecule has 0 spiro atoms. The molecule has 0 radical (unpaired) electrons. The van der Waals surface area contributed by atoms with Crippen molar-refractivity contribution >= 4 is 21.7 Å². The number of sulfonamides is 1. The Morgan fingerprint density at radius 3 is 2.45 bits per heavy atom. The Balaban J connectivity index is 2.45. The summed E-state index contributed by atoms with van der Waals surface area (Å²) in [5.74, 6) is -1.16. The standard InChI is InChI=1S/C13H12N2O4S/c1-9-11(13(16)17)3-2-4-12(9)20(18,19)15-10-5-7-14-8-6-10/h2-8H,1H3,(H,14,15)(H,16,17). The number of aromatic carboxylic acids is 1. The molecule has 6 nitrogen and oxygen atoms in total. The minimum atomic E-state index is -3.84. The second-order valence-electron chi connectivity index (χ2n) is 4.08. The lowest BCUT2D eigenvalue weighted by molar-refractivity contribution is 0.0696. The van der Waals surface area contributed by atoms with Gasteiger partial charge in [0.05, 0.1) is 16.1 Å². The van der Waals surface area contributed by atoms with Gasteiger partial charge in [0.1, 0.15) is 0 Å². The van der Waals surface area contributed by atoms with Crippen molar-refractivity contribution in [1.82, 2.24) is 4.98 Å². The van der Waals surface area contributed by atoms with Crippen LogP contribution in [0.4, 0.5) is 5.69 Å². The lowest BCUT2D eigenvalue weighted by Crippen LogP contribution is -2.15. The molecule has 0 aliphatic rings. The SMILES string of the molecule is Cc1c(C(=O)O)cccc1S(=O)(=O)Nc1ccncc1. The van der Waals surface area contributed by atoms with Crippen LogP contribution in [0.2, 0.25) is 0 Å². The number of aromatic nitrogens is 1. The number of anilines is 1. The van der Waals surface area contributed by atoms with Crippen LogP contribution in [0.1, 0.15) is 15.9 Å². The number of carbonyl (C=O) groups is 1. The molecule has 2 rings (SSSR count). The maximum Gasteiger partial charge on any atom is 0.335 e. The molecule has 7 heteroatoms. The van der Waals surface area contributed by atoms with Gasteiger partial charge in [-0.05, 0) is 36.8 Å². The molecule has 0 saturated carbocycles. The summed E-state index contributed by atoms with van der Waals surface area (Å²) < 4.78 is 26.9. The van der Waals surface area contributed by atoms with Crippen molar-refractivity contribution in [2.75, 3.05) is 4.72 Å². The smallest absolute Gasteiger partial charge is 0.335 e. The summed E-state index contributed by atoms with van der Waals surface area (Å²) in [6, 6.07) is 7.15. The van der Waals surface area contributed by atoms with Crippen LogP contribution in [0.3, 0.4) is 0 Å². The largest absolute Gasteiger partial charge is 0.478 e. The van der Waals surface area contributed by atoms with Crippen molar-refractivity contribution in [3.63, 3.8) is 0 Å². The highest BCUT2D eigenvalue weighted by Crippen LogP contribution is 2.21. The van der Waals surface area contributed by atoms with E-state index in [2.05, 4.69) is 9.71 Å². The Morgan fingerprint density at radius 1 is 1.20 bits per heavy atom. The van der Waals surface area contributed by atoms with Crippen LogP contribution in [0.25, 0.3) is 0 Å². The van der Waals surface area contributed by atoms with Gasteiger partial charge < -0.3 is 5.11 Å². The van der Waals surface area contributed by atoms with Crippen LogP contribution < -0.4 is 4.72 Å². The molecule has 2 aromatic rings. The second kappa shape index (κ2) is 5.30. The molecule has 0 amide bonds. The molecule has 1 aromatic heterocycles. The molecule has 0 saturated heterocycles. The van der Waals surface area contributed by atoms with Gasteiger partial charge in [-0.1, -0.05) is 6.07 Å². The molecule has 0 aliphatic carbocycles. The van der Waals surface area contributed by atoms with Crippen LogP contribution >= 0.6 is 0 Å². The normalized spacial score (nSPS) is 11.1. The van der Waals surface area contributed by atoms with Crippen LogP contribution in [0.5, 0.6) is 0 Å². The fraction of sp³-hybridized carbons (Fsp3) is 0.0769. The predicted molar refractivity (Wildman–Crippen MR) is 73.2 cm³/mol. The Bertz CT molecular complexity index is 742. The molecule has 0 fully saturated rings. The van der Waals surface area contributed by atoms with Crippen molar-refractivity contribution in [2.45, 2.75) is 11.8 Å². The maximum atomic E-state index is 12.3. The van der Waals surface area contributed by atoms with E-state index in [1.165, 1.54) is 49.6 Å². The first-order valence-electron chi connectivity index (χ1n) is 5.67. The number of hydrogen-bond acceptors (Lipinski definition) is 4. The topological polar surface area (TPSA) is 96.4 Å². The molecule has 0 aliphatic heterocycles. The molecular weight excluding hydrogens is 280 g/mol. The number of nitrogens with zero attached hydrogens (tertiary/aromatic N) is 1. The molecule has 1 heterocycles. The fourth-order valence-electron chi connectivity index (χ4n) is 1.77. The van der Waals surface area contributed by atoms with Crippen molar-refractivity contribution < 1.29 is 18.3 Å². The molecule has 1 aromatic carbocycles. The van der Waals surface area contributed by atoms with Gasteiger partial charge in [0.15, 0.2) is 0 Å². The van der Waals surface area contributed by atoms with Crippen LogP contribution in [-0.4, -0.2) is 24.5 Å². The zero-order valence-electron chi connectivity index (χ0n) is 10.6. The summed E-state index contributed by atoms with van der Waals surface area (Å²) in [7, 11) is -3.84. The van der Waals surface area contributed by atoms with Gasteiger partial charge in [0, 0.05) is 12.4 Å². The maximum absolute atomic E-state index is 12.3. The van der Waals surface area contributed by atoms with E-state index in [0.717, 1.165) is 0 Å². The zero-order chi connectivity index (χ0) is 14.8. The first kappa shape index (κ1) is 14.0. The summed E-state index contributed by atoms with van der Waals surface area (Å²) in [6.07, 6.45) is 2.91. The lowest BCUT2D eigenvalue weighted by atomic mass is 10.1. The quantitative estimate of drug-likeness (QED) is 0.897. The average Bonchev–Trinajstić information content (AvgIpc) is 2.39. The third-order valence-corrected chi connectivity index (χ3v) is 4.26. The summed E-state index contributed by atoms with van der Waals surface area (Å²) in [6.45, 7) is 1.46. The van der Waals surface area contributed by atoms with Gasteiger partial charge in [0.2, 0.25) is 0 Å². The van der Waals surface area contributed by atoms with E-state index in [9.17, 15) is 13.2 Å². The Labute approximate surface area is 116 Å². The third kappa shape index (κ3) is 2.77. The second-order valence-corrected chi connectivity index (χ2v) is 5.73. The summed E-state index contributed by atoms with van der Waals surface area (Å²) in [4.78, 5) is 14.8. The van der Waals surface area contributed by atoms with Crippen molar-refractivity contribution in [3.8, 4) is 0 Å². The van der Waals surface area contributed by atoms with E-state index in [1.807, 2.05) is 0 Å². The van der Waals surface area contributed by atoms with E-state index >= 15 is 0 Å². The van der Waals surface area contributed by atoms with E-state index in [4.69, 9.17) is 5.11 Å². The minimum absolute atomic E-state index is 0.0393. The number of carboxylic acid groups (broad SMARTS) is 1.